The number of likely N-dealkylation sites (tertiary alicyclic amines) is 1. The highest BCUT2D eigenvalue weighted by atomic mass is 35.5. The third-order valence-corrected chi connectivity index (χ3v) is 5.43. The van der Waals surface area contributed by atoms with Crippen LogP contribution in [0, 0.1) is 19.8 Å². The van der Waals surface area contributed by atoms with Gasteiger partial charge in [-0.05, 0) is 49.4 Å². The van der Waals surface area contributed by atoms with E-state index in [0.717, 1.165) is 19.5 Å². The molecule has 3 rings (SSSR count). The zero-order valence-electron chi connectivity index (χ0n) is 15.7. The van der Waals surface area contributed by atoms with Gasteiger partial charge in [-0.25, -0.2) is 0 Å². The fourth-order valence-corrected chi connectivity index (χ4v) is 3.92. The molecule has 1 aliphatic rings. The topological polar surface area (TPSA) is 46.3 Å². The lowest BCUT2D eigenvalue weighted by atomic mass is 9.89. The molecule has 1 amide bonds. The van der Waals surface area contributed by atoms with Crippen molar-refractivity contribution in [2.24, 2.45) is 11.7 Å². The SMILES string of the molecule is Cc1ccc(CCC(=O)N2C[C@@H](CN)[C@H](c3ccccc3)C2)c(C)c1.Cl. The number of carbonyl (C=O) groups excluding carboxylic acids is 1. The van der Waals surface area contributed by atoms with Crippen LogP contribution in [0.2, 0.25) is 0 Å². The summed E-state index contributed by atoms with van der Waals surface area (Å²) in [4.78, 5) is 14.7. The van der Waals surface area contributed by atoms with Gasteiger partial charge in [-0.15, -0.1) is 12.4 Å². The van der Waals surface area contributed by atoms with Gasteiger partial charge in [0.15, 0.2) is 0 Å². The second kappa shape index (κ2) is 9.20. The van der Waals surface area contributed by atoms with Crippen molar-refractivity contribution in [2.45, 2.75) is 32.6 Å². The summed E-state index contributed by atoms with van der Waals surface area (Å²) >= 11 is 0. The summed E-state index contributed by atoms with van der Waals surface area (Å²) in [6, 6.07) is 16.9. The molecule has 2 atom stereocenters. The molecular weight excluding hydrogens is 344 g/mol. The first-order valence-corrected chi connectivity index (χ1v) is 9.17. The highest BCUT2D eigenvalue weighted by molar-refractivity contribution is 5.85. The predicted molar refractivity (Wildman–Crippen MR) is 110 cm³/mol. The highest BCUT2D eigenvalue weighted by Gasteiger charge is 2.34. The van der Waals surface area contributed by atoms with Crippen LogP contribution in [0.25, 0.3) is 0 Å². The van der Waals surface area contributed by atoms with E-state index in [4.69, 9.17) is 5.73 Å². The Morgan fingerprint density at radius 3 is 2.50 bits per heavy atom. The number of nitrogens with zero attached hydrogens (tertiary/aromatic N) is 1. The second-order valence-electron chi connectivity index (χ2n) is 7.24. The van der Waals surface area contributed by atoms with Gasteiger partial charge < -0.3 is 10.6 Å². The lowest BCUT2D eigenvalue weighted by Crippen LogP contribution is -2.30. The second-order valence-corrected chi connectivity index (χ2v) is 7.24. The first kappa shape index (κ1) is 20.5. The van der Waals surface area contributed by atoms with Crippen molar-refractivity contribution in [3.63, 3.8) is 0 Å². The van der Waals surface area contributed by atoms with Crippen molar-refractivity contribution in [3.05, 3.63) is 70.8 Å². The van der Waals surface area contributed by atoms with E-state index in [1.807, 2.05) is 11.0 Å². The largest absolute Gasteiger partial charge is 0.342 e. The van der Waals surface area contributed by atoms with Gasteiger partial charge >= 0.3 is 0 Å². The molecule has 4 heteroatoms. The number of hydrogen-bond acceptors (Lipinski definition) is 2. The smallest absolute Gasteiger partial charge is 0.222 e. The molecule has 1 fully saturated rings. The summed E-state index contributed by atoms with van der Waals surface area (Å²) in [7, 11) is 0. The van der Waals surface area contributed by atoms with Crippen molar-refractivity contribution < 1.29 is 4.79 Å². The van der Waals surface area contributed by atoms with Gasteiger partial charge in [-0.3, -0.25) is 4.79 Å². The number of aryl methyl sites for hydroxylation is 3. The van der Waals surface area contributed by atoms with E-state index in [-0.39, 0.29) is 18.3 Å². The normalized spacial score (nSPS) is 19.3. The van der Waals surface area contributed by atoms with Gasteiger partial charge in [0.05, 0.1) is 0 Å². The summed E-state index contributed by atoms with van der Waals surface area (Å²) in [5, 5.41) is 0. The minimum atomic E-state index is 0. The summed E-state index contributed by atoms with van der Waals surface area (Å²) in [5.41, 5.74) is 11.1. The Morgan fingerprint density at radius 2 is 1.85 bits per heavy atom. The highest BCUT2D eigenvalue weighted by Crippen LogP contribution is 2.32. The van der Waals surface area contributed by atoms with Gasteiger partial charge in [-0.2, -0.15) is 0 Å². The van der Waals surface area contributed by atoms with Crippen molar-refractivity contribution in [3.8, 4) is 0 Å². The van der Waals surface area contributed by atoms with E-state index >= 15 is 0 Å². The van der Waals surface area contributed by atoms with Crippen LogP contribution < -0.4 is 5.73 Å². The van der Waals surface area contributed by atoms with Crippen molar-refractivity contribution in [1.82, 2.24) is 4.90 Å². The van der Waals surface area contributed by atoms with Crippen LogP contribution in [0.15, 0.2) is 48.5 Å². The van der Waals surface area contributed by atoms with Gasteiger partial charge in [0.2, 0.25) is 5.91 Å². The molecule has 1 saturated heterocycles. The quantitative estimate of drug-likeness (QED) is 0.866. The molecule has 0 unspecified atom stereocenters. The van der Waals surface area contributed by atoms with E-state index in [1.165, 1.54) is 22.3 Å². The number of amides is 1. The number of nitrogens with two attached hydrogens (primary N) is 1. The van der Waals surface area contributed by atoms with Crippen LogP contribution >= 0.6 is 12.4 Å². The first-order chi connectivity index (χ1) is 12.1. The molecule has 26 heavy (non-hydrogen) atoms. The van der Waals surface area contributed by atoms with Crippen molar-refractivity contribution >= 4 is 18.3 Å². The predicted octanol–water partition coefficient (Wildman–Crippen LogP) is 3.86. The summed E-state index contributed by atoms with van der Waals surface area (Å²) in [6.45, 7) is 6.42. The number of carbonyl (C=O) groups is 1. The Hall–Kier alpha value is -1.84. The first-order valence-electron chi connectivity index (χ1n) is 9.17. The Morgan fingerprint density at radius 1 is 1.12 bits per heavy atom. The molecule has 0 radical (unpaired) electrons. The Bertz CT molecular complexity index is 732. The molecule has 2 N–H and O–H groups in total. The Kier molecular flexibility index (Phi) is 7.24. The maximum Gasteiger partial charge on any atom is 0.222 e. The monoisotopic (exact) mass is 372 g/mol. The van der Waals surface area contributed by atoms with Crippen LogP contribution in [-0.4, -0.2) is 30.4 Å². The molecule has 0 bridgehead atoms. The Balaban J connectivity index is 0.00000243. The van der Waals surface area contributed by atoms with Crippen LogP contribution in [0.4, 0.5) is 0 Å². The van der Waals surface area contributed by atoms with Gasteiger partial charge in [-0.1, -0.05) is 54.1 Å². The minimum Gasteiger partial charge on any atom is -0.342 e. The standard InChI is InChI=1S/C22H28N2O.ClH/c1-16-8-9-18(17(2)12-16)10-11-22(25)24-14-20(13-23)21(15-24)19-6-4-3-5-7-19;/h3-9,12,20-21H,10-11,13-15,23H2,1-2H3;1H/t20-,21+;/m1./s1. The van der Waals surface area contributed by atoms with Crippen LogP contribution in [0.1, 0.15) is 34.6 Å². The Labute approximate surface area is 163 Å². The number of hydrogen-bond donors (Lipinski definition) is 1. The molecule has 0 spiro atoms. The third-order valence-electron chi connectivity index (χ3n) is 5.43. The van der Waals surface area contributed by atoms with Crippen LogP contribution in [0.5, 0.6) is 0 Å². The average molecular weight is 373 g/mol. The number of halogens is 1. The lowest BCUT2D eigenvalue weighted by Gasteiger charge is -2.17. The third kappa shape index (κ3) is 4.66. The van der Waals surface area contributed by atoms with E-state index in [9.17, 15) is 4.79 Å². The van der Waals surface area contributed by atoms with E-state index < -0.39 is 0 Å². The molecule has 1 aliphatic heterocycles. The zero-order chi connectivity index (χ0) is 17.8. The molecular formula is C22H29ClN2O. The lowest BCUT2D eigenvalue weighted by molar-refractivity contribution is -0.130. The van der Waals surface area contributed by atoms with E-state index in [0.29, 0.717) is 24.8 Å². The van der Waals surface area contributed by atoms with Gasteiger partial charge in [0.1, 0.15) is 0 Å². The molecule has 0 aliphatic carbocycles. The molecule has 0 aromatic heterocycles. The minimum absolute atomic E-state index is 0. The molecule has 1 heterocycles. The zero-order valence-corrected chi connectivity index (χ0v) is 16.5. The number of rotatable bonds is 5. The average Bonchev–Trinajstić information content (AvgIpc) is 3.06. The van der Waals surface area contributed by atoms with Crippen LogP contribution in [0.3, 0.4) is 0 Å². The molecule has 0 saturated carbocycles. The maximum absolute atomic E-state index is 12.7. The summed E-state index contributed by atoms with van der Waals surface area (Å²) in [6.07, 6.45) is 1.38. The van der Waals surface area contributed by atoms with Gasteiger partial charge in [0.25, 0.3) is 0 Å². The maximum atomic E-state index is 12.7. The van der Waals surface area contributed by atoms with Gasteiger partial charge in [0, 0.05) is 25.4 Å². The summed E-state index contributed by atoms with van der Waals surface area (Å²) in [5.74, 6) is 0.959. The van der Waals surface area contributed by atoms with E-state index in [1.54, 1.807) is 0 Å². The van der Waals surface area contributed by atoms with Crippen molar-refractivity contribution in [2.75, 3.05) is 19.6 Å². The molecule has 140 valence electrons. The molecule has 2 aromatic carbocycles. The summed E-state index contributed by atoms with van der Waals surface area (Å²) < 4.78 is 0. The van der Waals surface area contributed by atoms with Crippen molar-refractivity contribution in [1.29, 1.82) is 0 Å². The van der Waals surface area contributed by atoms with E-state index in [2.05, 4.69) is 56.3 Å². The fourth-order valence-electron chi connectivity index (χ4n) is 3.92. The number of benzene rings is 2. The van der Waals surface area contributed by atoms with Crippen LogP contribution in [-0.2, 0) is 11.2 Å². The molecule has 2 aromatic rings. The fraction of sp³-hybridized carbons (Fsp3) is 0.409. The molecule has 3 nitrogen and oxygen atoms in total.